The molecule has 6 heteroatoms. The Balaban J connectivity index is 0.00000200. The van der Waals surface area contributed by atoms with Crippen LogP contribution in [0.2, 0.25) is 0 Å². The number of aromatic hydroxyl groups is 1. The highest BCUT2D eigenvalue weighted by Crippen LogP contribution is 2.34. The molecule has 1 aromatic carbocycles. The summed E-state index contributed by atoms with van der Waals surface area (Å²) in [7, 11) is 1.66. The van der Waals surface area contributed by atoms with E-state index in [1.807, 2.05) is 6.07 Å². The summed E-state index contributed by atoms with van der Waals surface area (Å²) in [6, 6.07) is 5.79. The van der Waals surface area contributed by atoms with E-state index in [0.717, 1.165) is 50.3 Å². The van der Waals surface area contributed by atoms with Gasteiger partial charge < -0.3 is 15.2 Å². The predicted octanol–water partition coefficient (Wildman–Crippen LogP) is 2.99. The van der Waals surface area contributed by atoms with Crippen LogP contribution in [0.3, 0.4) is 0 Å². The topological polar surface area (TPSA) is 44.7 Å². The first-order valence-electron chi connectivity index (χ1n) is 7.08. The third-order valence-electron chi connectivity index (χ3n) is 3.75. The number of halogens is 2. The van der Waals surface area contributed by atoms with E-state index in [1.165, 1.54) is 0 Å². The summed E-state index contributed by atoms with van der Waals surface area (Å²) in [5.74, 6) is 1.18. The van der Waals surface area contributed by atoms with Crippen molar-refractivity contribution in [2.75, 3.05) is 33.3 Å². The Kier molecular flexibility index (Phi) is 9.79. The van der Waals surface area contributed by atoms with Gasteiger partial charge in [-0.3, -0.25) is 4.90 Å². The molecule has 1 fully saturated rings. The molecular formula is C15H26Cl2N2O2. The number of nitrogens with one attached hydrogen (secondary N) is 1. The van der Waals surface area contributed by atoms with E-state index >= 15 is 0 Å². The van der Waals surface area contributed by atoms with Crippen molar-refractivity contribution >= 4 is 24.8 Å². The second-order valence-electron chi connectivity index (χ2n) is 5.02. The molecule has 1 aliphatic rings. The first kappa shape index (κ1) is 20.3. The molecule has 21 heavy (non-hydrogen) atoms. The first-order chi connectivity index (χ1) is 9.26. The highest BCUT2D eigenvalue weighted by molar-refractivity contribution is 5.85. The molecule has 4 nitrogen and oxygen atoms in total. The average Bonchev–Trinajstić information content (AvgIpc) is 2.47. The lowest BCUT2D eigenvalue weighted by Gasteiger charge is -2.35. The van der Waals surface area contributed by atoms with Crippen LogP contribution in [0.25, 0.3) is 0 Å². The molecule has 0 radical (unpaired) electrons. The Morgan fingerprint density at radius 3 is 2.52 bits per heavy atom. The molecular weight excluding hydrogens is 311 g/mol. The van der Waals surface area contributed by atoms with Gasteiger partial charge in [0, 0.05) is 37.8 Å². The van der Waals surface area contributed by atoms with Gasteiger partial charge in [0.25, 0.3) is 0 Å². The van der Waals surface area contributed by atoms with Crippen LogP contribution in [0.1, 0.15) is 31.4 Å². The van der Waals surface area contributed by atoms with E-state index in [-0.39, 0.29) is 30.9 Å². The number of nitrogens with zero attached hydrogens (tertiary/aromatic N) is 1. The van der Waals surface area contributed by atoms with E-state index in [0.29, 0.717) is 5.75 Å². The van der Waals surface area contributed by atoms with E-state index in [9.17, 15) is 5.11 Å². The van der Waals surface area contributed by atoms with Gasteiger partial charge in [-0.25, -0.2) is 0 Å². The van der Waals surface area contributed by atoms with Crippen molar-refractivity contribution in [1.82, 2.24) is 10.2 Å². The number of hydrogen-bond donors (Lipinski definition) is 2. The minimum Gasteiger partial charge on any atom is -0.508 e. The zero-order chi connectivity index (χ0) is 13.7. The molecule has 1 aliphatic heterocycles. The standard InChI is InChI=1S/C15H24N2O2.2ClH/c1-3-4-14(17-9-7-16-8-10-17)13-11-12(19-2)5-6-15(13)18;;/h5-6,11,14,16,18H,3-4,7-10H2,1-2H3;2*1H/t14-;;/m1../s1. The van der Waals surface area contributed by atoms with Crippen LogP contribution in [-0.4, -0.2) is 43.3 Å². The maximum atomic E-state index is 10.2. The molecule has 1 aromatic rings. The van der Waals surface area contributed by atoms with Crippen LogP contribution >= 0.6 is 24.8 Å². The van der Waals surface area contributed by atoms with Crippen molar-refractivity contribution in [3.05, 3.63) is 23.8 Å². The molecule has 1 saturated heterocycles. The minimum atomic E-state index is 0. The Hall–Kier alpha value is -0.680. The summed E-state index contributed by atoms with van der Waals surface area (Å²) in [4.78, 5) is 2.45. The normalized spacial score (nSPS) is 16.5. The van der Waals surface area contributed by atoms with Gasteiger partial charge in [-0.1, -0.05) is 13.3 Å². The smallest absolute Gasteiger partial charge is 0.120 e. The summed E-state index contributed by atoms with van der Waals surface area (Å²) >= 11 is 0. The second-order valence-corrected chi connectivity index (χ2v) is 5.02. The SMILES string of the molecule is CCC[C@H](c1cc(OC)ccc1O)N1CCNCC1.Cl.Cl. The van der Waals surface area contributed by atoms with Crippen molar-refractivity contribution in [3.63, 3.8) is 0 Å². The van der Waals surface area contributed by atoms with Gasteiger partial charge in [-0.2, -0.15) is 0 Å². The maximum Gasteiger partial charge on any atom is 0.120 e. The Morgan fingerprint density at radius 2 is 1.95 bits per heavy atom. The third-order valence-corrected chi connectivity index (χ3v) is 3.75. The number of methoxy groups -OCH3 is 1. The Labute approximate surface area is 139 Å². The van der Waals surface area contributed by atoms with E-state index < -0.39 is 0 Å². The number of phenolic OH excluding ortho intramolecular Hbond substituents is 1. The highest BCUT2D eigenvalue weighted by Gasteiger charge is 2.24. The first-order valence-corrected chi connectivity index (χ1v) is 7.08. The van der Waals surface area contributed by atoms with Gasteiger partial charge in [0.2, 0.25) is 0 Å². The highest BCUT2D eigenvalue weighted by atomic mass is 35.5. The maximum absolute atomic E-state index is 10.2. The summed E-state index contributed by atoms with van der Waals surface area (Å²) in [6.45, 7) is 6.28. The Bertz CT molecular complexity index is 413. The van der Waals surface area contributed by atoms with Gasteiger partial charge in [0.1, 0.15) is 11.5 Å². The van der Waals surface area contributed by atoms with Crippen LogP contribution in [0.15, 0.2) is 18.2 Å². The molecule has 0 amide bonds. The van der Waals surface area contributed by atoms with Crippen LogP contribution in [-0.2, 0) is 0 Å². The lowest BCUT2D eigenvalue weighted by atomic mass is 9.98. The molecule has 1 atom stereocenters. The summed E-state index contributed by atoms with van der Waals surface area (Å²) in [5, 5.41) is 13.5. The molecule has 2 N–H and O–H groups in total. The van der Waals surface area contributed by atoms with Crippen molar-refractivity contribution in [2.45, 2.75) is 25.8 Å². The van der Waals surface area contributed by atoms with Crippen molar-refractivity contribution < 1.29 is 9.84 Å². The number of ether oxygens (including phenoxy) is 1. The predicted molar refractivity (Wildman–Crippen MR) is 91.2 cm³/mol. The summed E-state index contributed by atoms with van der Waals surface area (Å²) in [6.07, 6.45) is 2.16. The monoisotopic (exact) mass is 336 g/mol. The zero-order valence-corrected chi connectivity index (χ0v) is 14.3. The van der Waals surface area contributed by atoms with Gasteiger partial charge >= 0.3 is 0 Å². The number of rotatable bonds is 5. The van der Waals surface area contributed by atoms with E-state index in [1.54, 1.807) is 19.2 Å². The molecule has 0 bridgehead atoms. The molecule has 0 spiro atoms. The van der Waals surface area contributed by atoms with Crippen LogP contribution < -0.4 is 10.1 Å². The fourth-order valence-corrected chi connectivity index (χ4v) is 2.73. The zero-order valence-electron chi connectivity index (χ0n) is 12.7. The molecule has 2 rings (SSSR count). The number of benzene rings is 1. The van der Waals surface area contributed by atoms with Gasteiger partial charge in [0.05, 0.1) is 7.11 Å². The fourth-order valence-electron chi connectivity index (χ4n) is 2.73. The summed E-state index contributed by atoms with van der Waals surface area (Å²) in [5.41, 5.74) is 0.989. The molecule has 122 valence electrons. The van der Waals surface area contributed by atoms with Crippen molar-refractivity contribution in [3.8, 4) is 11.5 Å². The lowest BCUT2D eigenvalue weighted by molar-refractivity contribution is 0.162. The largest absolute Gasteiger partial charge is 0.508 e. The van der Waals surface area contributed by atoms with E-state index in [2.05, 4.69) is 17.1 Å². The molecule has 0 aromatic heterocycles. The van der Waals surface area contributed by atoms with Gasteiger partial charge in [-0.15, -0.1) is 24.8 Å². The van der Waals surface area contributed by atoms with E-state index in [4.69, 9.17) is 4.74 Å². The average molecular weight is 337 g/mol. The fraction of sp³-hybridized carbons (Fsp3) is 0.600. The third kappa shape index (κ3) is 5.22. The number of hydrogen-bond acceptors (Lipinski definition) is 4. The molecule has 0 saturated carbocycles. The lowest BCUT2D eigenvalue weighted by Crippen LogP contribution is -2.45. The number of piperazine rings is 1. The second kappa shape index (κ2) is 10.1. The van der Waals surface area contributed by atoms with Crippen LogP contribution in [0, 0.1) is 0 Å². The molecule has 0 unspecified atom stereocenters. The van der Waals surface area contributed by atoms with Crippen molar-refractivity contribution in [2.24, 2.45) is 0 Å². The van der Waals surface area contributed by atoms with Gasteiger partial charge in [0.15, 0.2) is 0 Å². The summed E-state index contributed by atoms with van der Waals surface area (Å²) < 4.78 is 5.28. The van der Waals surface area contributed by atoms with Gasteiger partial charge in [-0.05, 0) is 24.6 Å². The molecule has 0 aliphatic carbocycles. The molecule has 1 heterocycles. The van der Waals surface area contributed by atoms with Crippen LogP contribution in [0.4, 0.5) is 0 Å². The quantitative estimate of drug-likeness (QED) is 0.867. The van der Waals surface area contributed by atoms with Crippen LogP contribution in [0.5, 0.6) is 11.5 Å². The van der Waals surface area contributed by atoms with Crippen molar-refractivity contribution in [1.29, 1.82) is 0 Å². The Morgan fingerprint density at radius 1 is 1.29 bits per heavy atom. The number of phenols is 1. The minimum absolute atomic E-state index is 0.